The molecule has 5 heteroatoms. The molecule has 5 nitrogen and oxygen atoms in total. The van der Waals surface area contributed by atoms with E-state index in [-0.39, 0.29) is 11.3 Å². The summed E-state index contributed by atoms with van der Waals surface area (Å²) >= 11 is 0. The van der Waals surface area contributed by atoms with Gasteiger partial charge in [0, 0.05) is 54.3 Å². The number of carbonyl (C=O) groups excluding carboxylic acids is 1. The van der Waals surface area contributed by atoms with Crippen LogP contribution in [0.25, 0.3) is 10.9 Å². The smallest absolute Gasteiger partial charge is 0.253 e. The fourth-order valence-electron chi connectivity index (χ4n) is 4.35. The first-order valence-electron chi connectivity index (χ1n) is 9.36. The van der Waals surface area contributed by atoms with E-state index in [1.165, 1.54) is 0 Å². The van der Waals surface area contributed by atoms with Crippen molar-refractivity contribution in [1.29, 1.82) is 0 Å². The second-order valence-electron chi connectivity index (χ2n) is 7.53. The molecule has 2 aliphatic heterocycles. The molecule has 2 fully saturated rings. The number of likely N-dealkylation sites (tertiary alicyclic amines) is 1. The zero-order chi connectivity index (χ0) is 17.3. The summed E-state index contributed by atoms with van der Waals surface area (Å²) in [5.41, 5.74) is 1.94. The number of aromatic nitrogens is 1. The molecule has 1 N–H and O–H groups in total. The number of aromatic amines is 1. The molecule has 0 saturated carbocycles. The number of amides is 1. The summed E-state index contributed by atoms with van der Waals surface area (Å²) in [6, 6.07) is 7.94. The Morgan fingerprint density at radius 2 is 2.20 bits per heavy atom. The minimum absolute atomic E-state index is 0.0820. The van der Waals surface area contributed by atoms with Crippen LogP contribution in [0.2, 0.25) is 0 Å². The van der Waals surface area contributed by atoms with Gasteiger partial charge in [-0.25, -0.2) is 0 Å². The predicted molar refractivity (Wildman–Crippen MR) is 98.8 cm³/mol. The average Bonchev–Trinajstić information content (AvgIpc) is 3.03. The molecule has 0 radical (unpaired) electrons. The Kier molecular flexibility index (Phi) is 4.52. The van der Waals surface area contributed by atoms with Crippen LogP contribution >= 0.6 is 0 Å². The van der Waals surface area contributed by atoms with Gasteiger partial charge in [-0.15, -0.1) is 0 Å². The molecule has 1 spiro atoms. The number of nitrogens with one attached hydrogen (secondary N) is 1. The molecule has 134 valence electrons. The largest absolute Gasteiger partial charge is 0.379 e. The highest BCUT2D eigenvalue weighted by Crippen LogP contribution is 2.33. The molecule has 0 aliphatic carbocycles. The van der Waals surface area contributed by atoms with E-state index in [4.69, 9.17) is 4.74 Å². The first-order chi connectivity index (χ1) is 12.2. The minimum atomic E-state index is 0.0820. The summed E-state index contributed by atoms with van der Waals surface area (Å²) in [5, 5.41) is 1.09. The lowest BCUT2D eigenvalue weighted by Crippen LogP contribution is -2.52. The minimum Gasteiger partial charge on any atom is -0.379 e. The summed E-state index contributed by atoms with van der Waals surface area (Å²) in [6.45, 7) is 8.49. The van der Waals surface area contributed by atoms with Crippen LogP contribution in [0, 0.1) is 5.41 Å². The number of ether oxygens (including phenoxy) is 1. The third-order valence-electron chi connectivity index (χ3n) is 5.72. The van der Waals surface area contributed by atoms with Crippen LogP contribution in [0.5, 0.6) is 0 Å². The van der Waals surface area contributed by atoms with E-state index in [9.17, 15) is 4.79 Å². The molecule has 1 aromatic carbocycles. The Morgan fingerprint density at radius 3 is 3.08 bits per heavy atom. The SMILES string of the molecule is CCN1CCOCC2(CCCN(C(=O)c3ccc4[nH]ccc4c3)C2)C1. The molecule has 1 amide bonds. The second kappa shape index (κ2) is 6.81. The lowest BCUT2D eigenvalue weighted by atomic mass is 9.80. The third-order valence-corrected chi connectivity index (χ3v) is 5.72. The summed E-state index contributed by atoms with van der Waals surface area (Å²) in [6.07, 6.45) is 4.11. The number of fused-ring (bicyclic) bond motifs is 1. The van der Waals surface area contributed by atoms with Crippen LogP contribution < -0.4 is 0 Å². The Hall–Kier alpha value is -1.85. The van der Waals surface area contributed by atoms with Gasteiger partial charge >= 0.3 is 0 Å². The number of benzene rings is 1. The van der Waals surface area contributed by atoms with Crippen LogP contribution in [-0.4, -0.2) is 66.6 Å². The normalized spacial score (nSPS) is 25.4. The molecular formula is C20H27N3O2. The highest BCUT2D eigenvalue weighted by Gasteiger charge is 2.40. The van der Waals surface area contributed by atoms with Gasteiger partial charge in [-0.3, -0.25) is 4.79 Å². The average molecular weight is 341 g/mol. The predicted octanol–water partition coefficient (Wildman–Crippen LogP) is 2.74. The maximum absolute atomic E-state index is 13.1. The van der Waals surface area contributed by atoms with E-state index in [1.54, 1.807) is 0 Å². The number of hydrogen-bond acceptors (Lipinski definition) is 3. The number of nitrogens with zero attached hydrogens (tertiary/aromatic N) is 2. The molecule has 1 aromatic heterocycles. The van der Waals surface area contributed by atoms with Crippen molar-refractivity contribution in [2.24, 2.45) is 5.41 Å². The summed E-state index contributed by atoms with van der Waals surface area (Å²) < 4.78 is 5.92. The van der Waals surface area contributed by atoms with Crippen molar-refractivity contribution in [3.05, 3.63) is 36.0 Å². The molecule has 4 rings (SSSR count). The van der Waals surface area contributed by atoms with Gasteiger partial charge in [-0.05, 0) is 43.7 Å². The standard InChI is InChI=1S/C20H27N3O2/c1-2-22-10-11-25-15-20(13-22)7-3-9-23(14-20)19(24)17-4-5-18-16(12-17)6-8-21-18/h4-6,8,12,21H,2-3,7,9-11,13-15H2,1H3. The van der Waals surface area contributed by atoms with Crippen LogP contribution in [-0.2, 0) is 4.74 Å². The van der Waals surface area contributed by atoms with Crippen LogP contribution in [0.1, 0.15) is 30.1 Å². The maximum atomic E-state index is 13.1. The van der Waals surface area contributed by atoms with Crippen LogP contribution in [0.3, 0.4) is 0 Å². The Balaban J connectivity index is 1.54. The van der Waals surface area contributed by atoms with Crippen molar-refractivity contribution in [2.45, 2.75) is 19.8 Å². The van der Waals surface area contributed by atoms with Crippen molar-refractivity contribution >= 4 is 16.8 Å². The van der Waals surface area contributed by atoms with E-state index in [1.807, 2.05) is 35.4 Å². The van der Waals surface area contributed by atoms with Gasteiger partial charge < -0.3 is 19.5 Å². The second-order valence-corrected chi connectivity index (χ2v) is 7.53. The highest BCUT2D eigenvalue weighted by atomic mass is 16.5. The monoisotopic (exact) mass is 341 g/mol. The topological polar surface area (TPSA) is 48.6 Å². The van der Waals surface area contributed by atoms with E-state index >= 15 is 0 Å². The molecule has 1 unspecified atom stereocenters. The fraction of sp³-hybridized carbons (Fsp3) is 0.550. The van der Waals surface area contributed by atoms with Crippen molar-refractivity contribution in [1.82, 2.24) is 14.8 Å². The molecule has 2 aromatic rings. The van der Waals surface area contributed by atoms with E-state index in [0.717, 1.165) is 75.2 Å². The van der Waals surface area contributed by atoms with Gasteiger partial charge in [0.1, 0.15) is 0 Å². The van der Waals surface area contributed by atoms with Gasteiger partial charge in [0.05, 0.1) is 13.2 Å². The van der Waals surface area contributed by atoms with Crippen molar-refractivity contribution < 1.29 is 9.53 Å². The first kappa shape index (κ1) is 16.6. The number of H-pyrrole nitrogens is 1. The summed E-state index contributed by atoms with van der Waals surface area (Å²) in [4.78, 5) is 20.8. The van der Waals surface area contributed by atoms with E-state index < -0.39 is 0 Å². The molecule has 0 bridgehead atoms. The van der Waals surface area contributed by atoms with Crippen LogP contribution in [0.15, 0.2) is 30.5 Å². The number of likely N-dealkylation sites (N-methyl/N-ethyl adjacent to an activating group) is 1. The molecule has 25 heavy (non-hydrogen) atoms. The lowest BCUT2D eigenvalue weighted by Gasteiger charge is -2.43. The van der Waals surface area contributed by atoms with Crippen LogP contribution in [0.4, 0.5) is 0 Å². The van der Waals surface area contributed by atoms with Gasteiger partial charge in [-0.2, -0.15) is 0 Å². The zero-order valence-corrected chi connectivity index (χ0v) is 15.0. The summed E-state index contributed by atoms with van der Waals surface area (Å²) in [5.74, 6) is 0.148. The highest BCUT2D eigenvalue weighted by molar-refractivity contribution is 5.98. The number of hydrogen-bond donors (Lipinski definition) is 1. The van der Waals surface area contributed by atoms with Crippen molar-refractivity contribution in [3.63, 3.8) is 0 Å². The fourth-order valence-corrected chi connectivity index (χ4v) is 4.35. The molecule has 2 aliphatic rings. The van der Waals surface area contributed by atoms with Gasteiger partial charge in [0.2, 0.25) is 0 Å². The molecule has 1 atom stereocenters. The van der Waals surface area contributed by atoms with Gasteiger partial charge in [-0.1, -0.05) is 6.92 Å². The molecular weight excluding hydrogens is 314 g/mol. The Bertz CT molecular complexity index is 756. The Labute approximate surface area is 148 Å². The van der Waals surface area contributed by atoms with Gasteiger partial charge in [0.25, 0.3) is 5.91 Å². The Morgan fingerprint density at radius 1 is 1.28 bits per heavy atom. The van der Waals surface area contributed by atoms with Crippen molar-refractivity contribution in [3.8, 4) is 0 Å². The summed E-state index contributed by atoms with van der Waals surface area (Å²) in [7, 11) is 0. The number of rotatable bonds is 2. The zero-order valence-electron chi connectivity index (χ0n) is 15.0. The maximum Gasteiger partial charge on any atom is 0.253 e. The quantitative estimate of drug-likeness (QED) is 0.914. The van der Waals surface area contributed by atoms with E-state index in [0.29, 0.717) is 0 Å². The first-order valence-corrected chi connectivity index (χ1v) is 9.36. The van der Waals surface area contributed by atoms with Gasteiger partial charge in [0.15, 0.2) is 0 Å². The number of carbonyl (C=O) groups is 1. The van der Waals surface area contributed by atoms with Crippen molar-refractivity contribution in [2.75, 3.05) is 45.9 Å². The lowest BCUT2D eigenvalue weighted by molar-refractivity contribution is 0.00767. The van der Waals surface area contributed by atoms with E-state index in [2.05, 4.69) is 16.8 Å². The number of piperidine rings is 1. The third kappa shape index (κ3) is 3.31. The molecule has 2 saturated heterocycles. The molecule has 3 heterocycles.